The zero-order chi connectivity index (χ0) is 74.0. The number of anilines is 2. The van der Waals surface area contributed by atoms with Gasteiger partial charge in [0.15, 0.2) is 11.3 Å². The molecule has 0 radical (unpaired) electrons. The van der Waals surface area contributed by atoms with Crippen LogP contribution in [0.1, 0.15) is 160 Å². The summed E-state index contributed by atoms with van der Waals surface area (Å²) in [6, 6.07) is 35.2. The summed E-state index contributed by atoms with van der Waals surface area (Å²) in [5.74, 6) is -1.11. The number of carbonyl (C=O) groups excluding carboxylic acids is 6. The fourth-order valence-electron chi connectivity index (χ4n) is 12.5. The second-order valence-electron chi connectivity index (χ2n) is 25.4. The smallest absolute Gasteiger partial charge is 0.423 e. The standard InChI is InChI=1S/C39H41ClN6O4.C32H36BrClN6O3.C7H7BO3/c1-4-35-32(36(44-30-11-13-50-14-12-30)33-22-43-46(5-2)37(33)45-35)21-42-39(49)29-16-24(3)15-28(19-29)38(48)41-20-25-9-10-34(40)31(18-25)27-8-6-7-26(17-27)23-47;1-4-28-24(29(38-23-8-10-43-11-9-23)25-18-37-40(5-2)30(25)39-28)17-36-32(42)22-13-19(3)12-21(15-22)31(41)35-16-20-6-7-27(34)26(33)14-20;9-5-6-2-1-3-7(4-6)8(10)11/h6-10,15-19,22-23,30H,4-5,11-14,20-21H2,1-3H3,(H,41,48)(H,42,49)(H,44,45);6-7,12-15,18,23H,4-5,8-11,16-17H2,1-3H3,(H,35,41)(H,36,42)(H,38,39);1-5,10-11H. The number of hydrogen-bond acceptors (Lipinski definition) is 16. The summed E-state index contributed by atoms with van der Waals surface area (Å²) in [5, 5.41) is 49.1. The molecular weight excluding hydrogens is 1430 g/mol. The van der Waals surface area contributed by atoms with Gasteiger partial charge in [-0.15, -0.1) is 0 Å². The third kappa shape index (κ3) is 19.6. The first kappa shape index (κ1) is 77.0. The van der Waals surface area contributed by atoms with E-state index in [0.717, 1.165) is 126 Å². The molecule has 2 aliphatic heterocycles. The molecule has 0 aliphatic carbocycles. The topological polar surface area (TPSA) is 295 Å². The first-order valence-corrected chi connectivity index (χ1v) is 36.3. The van der Waals surface area contributed by atoms with E-state index >= 15 is 0 Å². The quantitative estimate of drug-likeness (QED) is 0.0206. The third-order valence-corrected chi connectivity index (χ3v) is 19.6. The number of pyridine rings is 2. The molecule has 2 fully saturated rings. The van der Waals surface area contributed by atoms with Crippen LogP contribution in [0, 0.1) is 13.8 Å². The van der Waals surface area contributed by atoms with E-state index in [1.807, 2.05) is 79.8 Å². The number of ether oxygens (including phenoxy) is 2. The number of halogens is 3. The molecule has 22 nitrogen and oxygen atoms in total. The van der Waals surface area contributed by atoms with Crippen molar-refractivity contribution >= 4 is 121 Å². The highest BCUT2D eigenvalue weighted by Gasteiger charge is 2.26. The van der Waals surface area contributed by atoms with E-state index in [1.54, 1.807) is 78.9 Å². The molecule has 4 aromatic heterocycles. The van der Waals surface area contributed by atoms with Crippen molar-refractivity contribution in [2.24, 2.45) is 0 Å². The van der Waals surface area contributed by atoms with Crippen molar-refractivity contribution in [2.75, 3.05) is 37.1 Å². The number of nitrogens with one attached hydrogen (secondary N) is 6. The lowest BCUT2D eigenvalue weighted by atomic mass is 9.80. The Morgan fingerprint density at radius 2 is 0.971 bits per heavy atom. The molecule has 10 aromatic rings. The molecular formula is C78H84BBrCl2N12O10. The highest BCUT2D eigenvalue weighted by molar-refractivity contribution is 9.10. The minimum absolute atomic E-state index is 0.240. The zero-order valence-corrected chi connectivity index (χ0v) is 62.0. The first-order chi connectivity index (χ1) is 50.3. The van der Waals surface area contributed by atoms with Crippen LogP contribution in [0.4, 0.5) is 11.4 Å². The maximum atomic E-state index is 13.6. The molecule has 8 N–H and O–H groups in total. The predicted octanol–water partition coefficient (Wildman–Crippen LogP) is 12.3. The number of rotatable bonds is 24. The van der Waals surface area contributed by atoms with Gasteiger partial charge in [-0.3, -0.25) is 28.8 Å². The van der Waals surface area contributed by atoms with Crippen molar-refractivity contribution in [3.63, 3.8) is 0 Å². The largest absolute Gasteiger partial charge is 0.488 e. The molecule has 4 amide bonds. The lowest BCUT2D eigenvalue weighted by molar-refractivity contribution is 0.0903. The van der Waals surface area contributed by atoms with Gasteiger partial charge in [0.05, 0.1) is 39.6 Å². The molecule has 6 heterocycles. The highest BCUT2D eigenvalue weighted by Crippen LogP contribution is 2.35. The molecule has 0 bridgehead atoms. The van der Waals surface area contributed by atoms with Crippen LogP contribution in [0.3, 0.4) is 0 Å². The molecule has 2 saturated heterocycles. The molecule has 0 unspecified atom stereocenters. The summed E-state index contributed by atoms with van der Waals surface area (Å²) in [4.78, 5) is 84.9. The van der Waals surface area contributed by atoms with Crippen molar-refractivity contribution in [1.29, 1.82) is 0 Å². The number of nitrogens with zero attached hydrogens (tertiary/aromatic N) is 6. The molecule has 26 heteroatoms. The minimum Gasteiger partial charge on any atom is -0.423 e. The van der Waals surface area contributed by atoms with E-state index < -0.39 is 7.12 Å². The van der Waals surface area contributed by atoms with Gasteiger partial charge in [0, 0.05) is 149 Å². The second-order valence-corrected chi connectivity index (χ2v) is 27.0. The van der Waals surface area contributed by atoms with Crippen LogP contribution in [0.15, 0.2) is 138 Å². The van der Waals surface area contributed by atoms with Crippen LogP contribution in [-0.2, 0) is 61.6 Å². The number of carbonyl (C=O) groups is 6. The van der Waals surface area contributed by atoms with E-state index in [4.69, 9.17) is 52.7 Å². The average molecular weight is 1510 g/mol. The maximum Gasteiger partial charge on any atom is 0.488 e. The van der Waals surface area contributed by atoms with E-state index in [0.29, 0.717) is 114 Å². The van der Waals surface area contributed by atoms with Crippen molar-refractivity contribution in [2.45, 2.75) is 131 Å². The van der Waals surface area contributed by atoms with Gasteiger partial charge >= 0.3 is 7.12 Å². The highest BCUT2D eigenvalue weighted by atomic mass is 79.9. The Hall–Kier alpha value is -9.66. The number of aromatic nitrogens is 6. The Morgan fingerprint density at radius 3 is 1.39 bits per heavy atom. The third-order valence-electron chi connectivity index (χ3n) is 18.0. The zero-order valence-electron chi connectivity index (χ0n) is 58.9. The lowest BCUT2D eigenvalue weighted by Crippen LogP contribution is -2.30. The van der Waals surface area contributed by atoms with E-state index in [1.165, 1.54) is 12.1 Å². The summed E-state index contributed by atoms with van der Waals surface area (Å²) >= 11 is 16.0. The molecule has 0 atom stereocenters. The average Bonchev–Trinajstić information content (AvgIpc) is 1.62. The van der Waals surface area contributed by atoms with Gasteiger partial charge in [-0.2, -0.15) is 10.2 Å². The molecule has 540 valence electrons. The van der Waals surface area contributed by atoms with Gasteiger partial charge < -0.3 is 51.4 Å². The van der Waals surface area contributed by atoms with E-state index in [-0.39, 0.29) is 55.3 Å². The SMILES string of the molecule is CCc1nc2c(cnn2CC)c(NC2CCOCC2)c1CNC(=O)c1cc(C)cc(C(=O)NCc2ccc(Cl)c(-c3cccc(C=O)c3)c2)c1.CCc1nc2c(cnn2CC)c(NC2CCOCC2)c1CNC(=O)c1cc(C)cc(C(=O)NCc2ccc(Cl)c(Br)c2)c1.O=Cc1cccc(B(O)O)c1. The van der Waals surface area contributed by atoms with E-state index in [2.05, 4.69) is 71.9 Å². The molecule has 104 heavy (non-hydrogen) atoms. The van der Waals surface area contributed by atoms with Crippen LogP contribution in [0.25, 0.3) is 33.2 Å². The maximum absolute atomic E-state index is 13.6. The first-order valence-electron chi connectivity index (χ1n) is 34.8. The summed E-state index contributed by atoms with van der Waals surface area (Å²) in [7, 11) is -1.50. The van der Waals surface area contributed by atoms with Crippen LogP contribution in [0.5, 0.6) is 0 Å². The molecule has 2 aliphatic rings. The minimum atomic E-state index is -1.50. The lowest BCUT2D eigenvalue weighted by Gasteiger charge is -2.26. The van der Waals surface area contributed by atoms with Gasteiger partial charge in [0.1, 0.15) is 12.6 Å². The molecule has 12 rings (SSSR count). The second kappa shape index (κ2) is 36.7. The molecule has 6 aromatic carbocycles. The van der Waals surface area contributed by atoms with Crippen molar-refractivity contribution in [3.05, 3.63) is 226 Å². The summed E-state index contributed by atoms with van der Waals surface area (Å²) < 4.78 is 15.7. The number of fused-ring (bicyclic) bond motifs is 2. The van der Waals surface area contributed by atoms with Gasteiger partial charge in [-0.25, -0.2) is 19.3 Å². The summed E-state index contributed by atoms with van der Waals surface area (Å²) in [6.07, 6.45) is 10.1. The Morgan fingerprint density at radius 1 is 0.548 bits per heavy atom. The Labute approximate surface area is 622 Å². The van der Waals surface area contributed by atoms with Gasteiger partial charge in [-0.1, -0.05) is 91.6 Å². The Balaban J connectivity index is 0.000000196. The number of benzene rings is 6. The monoisotopic (exact) mass is 1510 g/mol. The summed E-state index contributed by atoms with van der Waals surface area (Å²) in [5.41, 5.74) is 15.1. The summed E-state index contributed by atoms with van der Waals surface area (Å²) in [6.45, 7) is 17.3. The van der Waals surface area contributed by atoms with Crippen LogP contribution in [-0.4, -0.2) is 121 Å². The fraction of sp³-hybridized carbons (Fsp3) is 0.308. The number of aryl methyl sites for hydroxylation is 6. The Kier molecular flexibility index (Phi) is 27.1. The Bertz CT molecular complexity index is 4770. The fourth-order valence-corrected chi connectivity index (χ4v) is 13.3. The number of aldehydes is 2. The number of hydrogen-bond donors (Lipinski definition) is 8. The van der Waals surface area contributed by atoms with Crippen molar-refractivity contribution in [3.8, 4) is 11.1 Å². The van der Waals surface area contributed by atoms with Gasteiger partial charge in [0.2, 0.25) is 0 Å². The van der Waals surface area contributed by atoms with Crippen LogP contribution < -0.4 is 37.4 Å². The van der Waals surface area contributed by atoms with E-state index in [9.17, 15) is 28.8 Å². The predicted molar refractivity (Wildman–Crippen MR) is 410 cm³/mol. The van der Waals surface area contributed by atoms with Crippen LogP contribution in [0.2, 0.25) is 10.0 Å². The number of amides is 4. The van der Waals surface area contributed by atoms with Crippen molar-refractivity contribution < 1.29 is 48.3 Å². The van der Waals surface area contributed by atoms with Crippen LogP contribution >= 0.6 is 39.1 Å². The normalized spacial score (nSPS) is 13.0. The van der Waals surface area contributed by atoms with Gasteiger partial charge in [-0.05, 0) is 182 Å². The molecule has 0 spiro atoms. The molecule has 0 saturated carbocycles. The van der Waals surface area contributed by atoms with Gasteiger partial charge in [0.25, 0.3) is 23.6 Å². The van der Waals surface area contributed by atoms with Crippen molar-refractivity contribution in [1.82, 2.24) is 50.8 Å².